The number of hydrogen-bond acceptors (Lipinski definition) is 3. The Morgan fingerprint density at radius 3 is 3.14 bits per heavy atom. The van der Waals surface area contributed by atoms with Crippen LogP contribution in [0, 0.1) is 0 Å². The highest BCUT2D eigenvalue weighted by atomic mass is 79.9. The minimum Gasteiger partial charge on any atom is -0.379 e. The quantitative estimate of drug-likeness (QED) is 0.916. The molecule has 14 heavy (non-hydrogen) atoms. The molecule has 0 spiro atoms. The lowest BCUT2D eigenvalue weighted by molar-refractivity contribution is 0.171. The number of thiophene rings is 1. The van der Waals surface area contributed by atoms with Crippen LogP contribution in [-0.2, 0) is 11.3 Å². The zero-order valence-electron chi connectivity index (χ0n) is 8.18. The van der Waals surface area contributed by atoms with Gasteiger partial charge in [0.25, 0.3) is 0 Å². The molecule has 1 fully saturated rings. The fraction of sp³-hybridized carbons (Fsp3) is 0.600. The van der Waals surface area contributed by atoms with E-state index in [2.05, 4.69) is 39.6 Å². The van der Waals surface area contributed by atoms with Crippen molar-refractivity contribution in [1.29, 1.82) is 0 Å². The fourth-order valence-electron chi connectivity index (χ4n) is 1.55. The van der Waals surface area contributed by atoms with E-state index >= 15 is 0 Å². The van der Waals surface area contributed by atoms with Crippen LogP contribution in [0.2, 0.25) is 0 Å². The Kier molecular flexibility index (Phi) is 3.27. The van der Waals surface area contributed by atoms with Crippen LogP contribution in [0.15, 0.2) is 15.9 Å². The molecule has 1 aromatic heterocycles. The summed E-state index contributed by atoms with van der Waals surface area (Å²) in [7, 11) is 0. The predicted octanol–water partition coefficient (Wildman–Crippen LogP) is 2.78. The highest BCUT2D eigenvalue weighted by Crippen LogP contribution is 2.22. The maximum absolute atomic E-state index is 5.39. The minimum atomic E-state index is 0.177. The average Bonchev–Trinajstić information content (AvgIpc) is 2.73. The third kappa shape index (κ3) is 2.57. The molecular weight excluding hydrogens is 262 g/mol. The highest BCUT2D eigenvalue weighted by Gasteiger charge is 2.28. The fourth-order valence-corrected chi connectivity index (χ4v) is 2.94. The van der Waals surface area contributed by atoms with E-state index in [0.717, 1.165) is 26.2 Å². The molecule has 0 aromatic carbocycles. The Morgan fingerprint density at radius 2 is 2.57 bits per heavy atom. The lowest BCUT2D eigenvalue weighted by atomic mass is 10.0. The minimum absolute atomic E-state index is 0.177. The van der Waals surface area contributed by atoms with E-state index < -0.39 is 0 Å². The standard InChI is InChI=1S/C10H14BrNOS/c1-10(2-3-13-7-10)12-5-9-4-8(11)6-14-9/h4,6,12H,2-3,5,7H2,1H3. The zero-order chi connectivity index (χ0) is 10.0. The second-order valence-corrected chi connectivity index (χ2v) is 5.86. The first kappa shape index (κ1) is 10.6. The van der Waals surface area contributed by atoms with Crippen LogP contribution in [-0.4, -0.2) is 18.8 Å². The molecule has 1 atom stereocenters. The van der Waals surface area contributed by atoms with Gasteiger partial charge in [-0.1, -0.05) is 0 Å². The summed E-state index contributed by atoms with van der Waals surface area (Å²) in [5, 5.41) is 5.67. The van der Waals surface area contributed by atoms with Crippen molar-refractivity contribution >= 4 is 27.3 Å². The van der Waals surface area contributed by atoms with Gasteiger partial charge in [-0.3, -0.25) is 0 Å². The van der Waals surface area contributed by atoms with Crippen LogP contribution in [0.4, 0.5) is 0 Å². The molecule has 1 saturated heterocycles. The number of rotatable bonds is 3. The van der Waals surface area contributed by atoms with Crippen molar-refractivity contribution in [3.8, 4) is 0 Å². The molecule has 1 N–H and O–H groups in total. The summed E-state index contributed by atoms with van der Waals surface area (Å²) in [6.07, 6.45) is 1.11. The van der Waals surface area contributed by atoms with Crippen LogP contribution in [0.25, 0.3) is 0 Å². The predicted molar refractivity (Wildman–Crippen MR) is 62.7 cm³/mol. The van der Waals surface area contributed by atoms with Crippen LogP contribution < -0.4 is 5.32 Å². The van der Waals surface area contributed by atoms with Gasteiger partial charge >= 0.3 is 0 Å². The Balaban J connectivity index is 1.87. The van der Waals surface area contributed by atoms with Crippen LogP contribution in [0.1, 0.15) is 18.2 Å². The van der Waals surface area contributed by atoms with E-state index in [4.69, 9.17) is 4.74 Å². The van der Waals surface area contributed by atoms with Crippen LogP contribution >= 0.6 is 27.3 Å². The molecule has 2 nitrogen and oxygen atoms in total. The van der Waals surface area contributed by atoms with Gasteiger partial charge in [0.15, 0.2) is 0 Å². The van der Waals surface area contributed by atoms with E-state index in [-0.39, 0.29) is 5.54 Å². The molecular formula is C10H14BrNOS. The smallest absolute Gasteiger partial charge is 0.0646 e. The molecule has 0 amide bonds. The molecule has 1 aliphatic rings. The third-order valence-electron chi connectivity index (χ3n) is 2.53. The van der Waals surface area contributed by atoms with E-state index in [0.29, 0.717) is 0 Å². The van der Waals surface area contributed by atoms with Gasteiger partial charge in [0.05, 0.1) is 6.61 Å². The third-order valence-corrected chi connectivity index (χ3v) is 4.23. The van der Waals surface area contributed by atoms with Crippen molar-refractivity contribution in [3.05, 3.63) is 20.8 Å². The Hall–Kier alpha value is 0.1000. The summed E-state index contributed by atoms with van der Waals surface area (Å²) in [6.45, 7) is 4.88. The van der Waals surface area contributed by atoms with E-state index in [9.17, 15) is 0 Å². The summed E-state index contributed by atoms with van der Waals surface area (Å²) in [4.78, 5) is 1.37. The summed E-state index contributed by atoms with van der Waals surface area (Å²) >= 11 is 5.24. The SMILES string of the molecule is CC1(NCc2cc(Br)cs2)CCOC1. The Labute approximate surface area is 96.8 Å². The first-order chi connectivity index (χ1) is 6.68. The monoisotopic (exact) mass is 275 g/mol. The largest absolute Gasteiger partial charge is 0.379 e. The Bertz CT molecular complexity index is 307. The number of nitrogens with one attached hydrogen (secondary N) is 1. The number of ether oxygens (including phenoxy) is 1. The molecule has 2 rings (SSSR count). The van der Waals surface area contributed by atoms with E-state index in [1.165, 1.54) is 9.35 Å². The van der Waals surface area contributed by atoms with Gasteiger partial charge in [0.1, 0.15) is 0 Å². The van der Waals surface area contributed by atoms with Gasteiger partial charge in [0, 0.05) is 33.4 Å². The first-order valence-electron chi connectivity index (χ1n) is 4.74. The lowest BCUT2D eigenvalue weighted by Crippen LogP contribution is -2.42. The van der Waals surface area contributed by atoms with Crippen molar-refractivity contribution in [2.45, 2.75) is 25.4 Å². The van der Waals surface area contributed by atoms with E-state index in [1.54, 1.807) is 11.3 Å². The average molecular weight is 276 g/mol. The molecule has 0 radical (unpaired) electrons. The van der Waals surface area contributed by atoms with Crippen LogP contribution in [0.3, 0.4) is 0 Å². The summed E-state index contributed by atoms with van der Waals surface area (Å²) < 4.78 is 6.56. The van der Waals surface area contributed by atoms with Gasteiger partial charge in [-0.25, -0.2) is 0 Å². The maximum atomic E-state index is 5.39. The van der Waals surface area contributed by atoms with Crippen molar-refractivity contribution in [3.63, 3.8) is 0 Å². The van der Waals surface area contributed by atoms with Gasteiger partial charge in [-0.15, -0.1) is 11.3 Å². The van der Waals surface area contributed by atoms with Gasteiger partial charge < -0.3 is 10.1 Å². The second-order valence-electron chi connectivity index (χ2n) is 3.95. The lowest BCUT2D eigenvalue weighted by Gasteiger charge is -2.23. The molecule has 0 saturated carbocycles. The summed E-state index contributed by atoms with van der Waals surface area (Å²) in [5.41, 5.74) is 0.177. The van der Waals surface area contributed by atoms with Gasteiger partial charge in [0.2, 0.25) is 0 Å². The van der Waals surface area contributed by atoms with E-state index in [1.807, 2.05) is 0 Å². The van der Waals surface area contributed by atoms with Crippen molar-refractivity contribution in [2.75, 3.05) is 13.2 Å². The number of hydrogen-bond donors (Lipinski definition) is 1. The topological polar surface area (TPSA) is 21.3 Å². The Morgan fingerprint density at radius 1 is 1.71 bits per heavy atom. The highest BCUT2D eigenvalue weighted by molar-refractivity contribution is 9.10. The molecule has 4 heteroatoms. The van der Waals surface area contributed by atoms with Crippen molar-refractivity contribution in [1.82, 2.24) is 5.32 Å². The van der Waals surface area contributed by atoms with Crippen molar-refractivity contribution < 1.29 is 4.74 Å². The molecule has 78 valence electrons. The molecule has 0 bridgehead atoms. The molecule has 1 aliphatic heterocycles. The van der Waals surface area contributed by atoms with Gasteiger partial charge in [-0.05, 0) is 35.3 Å². The summed E-state index contributed by atoms with van der Waals surface area (Å²) in [6, 6.07) is 2.16. The first-order valence-corrected chi connectivity index (χ1v) is 6.41. The van der Waals surface area contributed by atoms with Gasteiger partial charge in [-0.2, -0.15) is 0 Å². The number of halogens is 1. The molecule has 0 aliphatic carbocycles. The summed E-state index contributed by atoms with van der Waals surface area (Å²) in [5.74, 6) is 0. The second kappa shape index (κ2) is 4.31. The molecule has 1 aromatic rings. The van der Waals surface area contributed by atoms with Crippen LogP contribution in [0.5, 0.6) is 0 Å². The molecule has 1 unspecified atom stereocenters. The van der Waals surface area contributed by atoms with Crippen molar-refractivity contribution in [2.24, 2.45) is 0 Å². The normalized spacial score (nSPS) is 27.0. The zero-order valence-corrected chi connectivity index (χ0v) is 10.6. The molecule has 2 heterocycles. The maximum Gasteiger partial charge on any atom is 0.0646 e.